The summed E-state index contributed by atoms with van der Waals surface area (Å²) in [5.74, 6) is 0.532. The number of imidazole rings is 1. The Hall–Kier alpha value is -3.40. The second-order valence-electron chi connectivity index (χ2n) is 8.69. The number of aliphatic hydroxyl groups excluding tert-OH is 1. The quantitative estimate of drug-likeness (QED) is 0.464. The lowest BCUT2D eigenvalue weighted by atomic mass is 10.1. The topological polar surface area (TPSA) is 125 Å². The molecule has 3 aromatic rings. The number of carbonyl (C=O) groups is 1. The normalized spacial score (nSPS) is 16.2. The van der Waals surface area contributed by atoms with Gasteiger partial charge in [0.25, 0.3) is 11.5 Å². The fourth-order valence-electron chi connectivity index (χ4n) is 4.48. The Kier molecular flexibility index (Phi) is 7.16. The first-order valence-electron chi connectivity index (χ1n) is 12.0. The molecule has 1 fully saturated rings. The summed E-state index contributed by atoms with van der Waals surface area (Å²) in [6, 6.07) is 7.23. The van der Waals surface area contributed by atoms with E-state index in [0.29, 0.717) is 55.3 Å². The molecular formula is C24H32N6O4. The highest BCUT2D eigenvalue weighted by Gasteiger charge is 2.23. The number of nitrogens with one attached hydrogen (secondary N) is 2. The number of anilines is 1. The average Bonchev–Trinajstić information content (AvgIpc) is 3.21. The van der Waals surface area contributed by atoms with Crippen LogP contribution in [0.2, 0.25) is 0 Å². The van der Waals surface area contributed by atoms with Crippen molar-refractivity contribution in [2.24, 2.45) is 0 Å². The highest BCUT2D eigenvalue weighted by Crippen LogP contribution is 2.18. The van der Waals surface area contributed by atoms with Gasteiger partial charge in [0, 0.05) is 37.4 Å². The van der Waals surface area contributed by atoms with Crippen molar-refractivity contribution in [1.82, 2.24) is 24.0 Å². The second kappa shape index (κ2) is 10.3. The summed E-state index contributed by atoms with van der Waals surface area (Å²) < 4.78 is 3.34. The first kappa shape index (κ1) is 23.7. The predicted molar refractivity (Wildman–Crippen MR) is 130 cm³/mol. The van der Waals surface area contributed by atoms with E-state index in [9.17, 15) is 19.5 Å². The minimum atomic E-state index is -0.473. The summed E-state index contributed by atoms with van der Waals surface area (Å²) in [4.78, 5) is 46.6. The number of fused-ring (bicyclic) bond motifs is 1. The van der Waals surface area contributed by atoms with Crippen molar-refractivity contribution in [3.8, 4) is 0 Å². The zero-order chi connectivity index (χ0) is 24.2. The van der Waals surface area contributed by atoms with Gasteiger partial charge in [0.15, 0.2) is 11.2 Å². The smallest absolute Gasteiger partial charge is 0.330 e. The average molecular weight is 469 g/mol. The maximum Gasteiger partial charge on any atom is 0.330 e. The first-order valence-corrected chi connectivity index (χ1v) is 12.0. The molecule has 10 heteroatoms. The predicted octanol–water partition coefficient (Wildman–Crippen LogP) is 1.92. The molecule has 4 rings (SSSR count). The number of H-pyrrole nitrogens is 1. The minimum Gasteiger partial charge on any atom is -0.391 e. The van der Waals surface area contributed by atoms with Gasteiger partial charge in [0.2, 0.25) is 0 Å². The summed E-state index contributed by atoms with van der Waals surface area (Å²) in [6.07, 6.45) is 2.77. The van der Waals surface area contributed by atoms with Crippen LogP contribution in [0.4, 0.5) is 5.69 Å². The molecule has 0 unspecified atom stereocenters. The maximum absolute atomic E-state index is 12.9. The molecule has 2 aromatic heterocycles. The number of β-amino-alcohol motifs (C(OH)–C–C–N with tert-alkyl or cyclic N) is 1. The number of aryl methyl sites for hydroxylation is 2. The molecule has 0 aliphatic carbocycles. The Morgan fingerprint density at radius 1 is 1.26 bits per heavy atom. The molecular weight excluding hydrogens is 436 g/mol. The lowest BCUT2D eigenvalue weighted by Gasteiger charge is -2.30. The number of hydrogen-bond donors (Lipinski definition) is 3. The van der Waals surface area contributed by atoms with Crippen molar-refractivity contribution in [3.63, 3.8) is 0 Å². The highest BCUT2D eigenvalue weighted by atomic mass is 16.3. The van der Waals surface area contributed by atoms with Crippen LogP contribution in [-0.2, 0) is 19.6 Å². The van der Waals surface area contributed by atoms with E-state index in [1.54, 1.807) is 17.0 Å². The largest absolute Gasteiger partial charge is 0.391 e. The molecule has 0 bridgehead atoms. The Balaban J connectivity index is 1.58. The van der Waals surface area contributed by atoms with Gasteiger partial charge in [-0.15, -0.1) is 0 Å². The van der Waals surface area contributed by atoms with Crippen molar-refractivity contribution in [2.45, 2.75) is 65.3 Å². The monoisotopic (exact) mass is 468 g/mol. The number of rotatable bonds is 8. The number of piperidine rings is 1. The van der Waals surface area contributed by atoms with Crippen LogP contribution in [0, 0.1) is 0 Å². The van der Waals surface area contributed by atoms with Crippen LogP contribution in [0.3, 0.4) is 0 Å². The molecule has 0 saturated carbocycles. The van der Waals surface area contributed by atoms with Gasteiger partial charge in [-0.05, 0) is 44.4 Å². The summed E-state index contributed by atoms with van der Waals surface area (Å²) >= 11 is 0. The van der Waals surface area contributed by atoms with Crippen LogP contribution >= 0.6 is 0 Å². The van der Waals surface area contributed by atoms with Gasteiger partial charge >= 0.3 is 5.69 Å². The van der Waals surface area contributed by atoms with Crippen molar-refractivity contribution >= 4 is 22.8 Å². The molecule has 1 atom stereocenters. The molecule has 1 aliphatic heterocycles. The third kappa shape index (κ3) is 4.77. The number of unbranched alkanes of at least 4 members (excludes halogenated alkanes) is 1. The number of amides is 1. The molecule has 3 heterocycles. The number of benzene rings is 1. The highest BCUT2D eigenvalue weighted by molar-refractivity contribution is 5.95. The molecule has 1 aromatic carbocycles. The Morgan fingerprint density at radius 3 is 2.82 bits per heavy atom. The zero-order valence-electron chi connectivity index (χ0n) is 19.7. The molecule has 1 aliphatic rings. The van der Waals surface area contributed by atoms with E-state index in [4.69, 9.17) is 0 Å². The number of nitrogens with zero attached hydrogens (tertiary/aromatic N) is 4. The van der Waals surface area contributed by atoms with Gasteiger partial charge in [-0.3, -0.25) is 19.1 Å². The maximum atomic E-state index is 12.9. The van der Waals surface area contributed by atoms with Crippen molar-refractivity contribution in [1.29, 1.82) is 0 Å². The van der Waals surface area contributed by atoms with Gasteiger partial charge < -0.3 is 19.9 Å². The van der Waals surface area contributed by atoms with E-state index in [-0.39, 0.29) is 5.91 Å². The first-order chi connectivity index (χ1) is 16.4. The van der Waals surface area contributed by atoms with E-state index in [0.717, 1.165) is 31.4 Å². The van der Waals surface area contributed by atoms with Gasteiger partial charge in [-0.25, -0.2) is 9.78 Å². The number of aromatic nitrogens is 4. The number of aliphatic hydroxyl groups is 1. The van der Waals surface area contributed by atoms with Crippen LogP contribution in [-0.4, -0.2) is 54.2 Å². The van der Waals surface area contributed by atoms with E-state index in [2.05, 4.69) is 15.3 Å². The Morgan fingerprint density at radius 2 is 2.09 bits per heavy atom. The molecule has 34 heavy (non-hydrogen) atoms. The standard InChI is InChI=1S/C24H32N6O4/c1-3-5-12-30-21-20(22(32)27-24(30)34)29(4-2)19(26-21)14-25-17-9-6-8-16(13-17)23(33)28-11-7-10-18(31)15-28/h6,8-9,13,18,25,31H,3-5,7,10-12,14-15H2,1-2H3,(H,27,32,34)/t18-/m1/s1. The van der Waals surface area contributed by atoms with Gasteiger partial charge in [-0.1, -0.05) is 19.4 Å². The lowest BCUT2D eigenvalue weighted by Crippen LogP contribution is -2.42. The van der Waals surface area contributed by atoms with Crippen LogP contribution in [0.5, 0.6) is 0 Å². The van der Waals surface area contributed by atoms with Crippen molar-refractivity contribution in [3.05, 3.63) is 56.5 Å². The molecule has 1 saturated heterocycles. The minimum absolute atomic E-state index is 0.102. The number of carbonyl (C=O) groups excluding carboxylic acids is 1. The van der Waals surface area contributed by atoms with E-state index in [1.165, 1.54) is 4.57 Å². The molecule has 3 N–H and O–H groups in total. The summed E-state index contributed by atoms with van der Waals surface area (Å²) in [7, 11) is 0. The molecule has 0 radical (unpaired) electrons. The summed E-state index contributed by atoms with van der Waals surface area (Å²) in [6.45, 7) is 6.31. The Labute approximate surface area is 197 Å². The summed E-state index contributed by atoms with van der Waals surface area (Å²) in [5.41, 5.74) is 1.20. The van der Waals surface area contributed by atoms with Crippen LogP contribution in [0.15, 0.2) is 33.9 Å². The fraction of sp³-hybridized carbons (Fsp3) is 0.500. The summed E-state index contributed by atoms with van der Waals surface area (Å²) in [5, 5.41) is 13.2. The number of likely N-dealkylation sites (tertiary alicyclic amines) is 1. The van der Waals surface area contributed by atoms with Gasteiger partial charge in [-0.2, -0.15) is 0 Å². The molecule has 0 spiro atoms. The molecule has 182 valence electrons. The van der Waals surface area contributed by atoms with Gasteiger partial charge in [0.05, 0.1) is 12.6 Å². The van der Waals surface area contributed by atoms with Crippen LogP contribution in [0.25, 0.3) is 11.2 Å². The third-order valence-corrected chi connectivity index (χ3v) is 6.26. The Bertz CT molecular complexity index is 1290. The molecule has 1 amide bonds. The zero-order valence-corrected chi connectivity index (χ0v) is 19.7. The number of aromatic amines is 1. The van der Waals surface area contributed by atoms with E-state index >= 15 is 0 Å². The van der Waals surface area contributed by atoms with Crippen LogP contribution < -0.4 is 16.6 Å². The van der Waals surface area contributed by atoms with Crippen molar-refractivity contribution < 1.29 is 9.90 Å². The fourth-order valence-corrected chi connectivity index (χ4v) is 4.48. The lowest BCUT2D eigenvalue weighted by molar-refractivity contribution is 0.0474. The van der Waals surface area contributed by atoms with Gasteiger partial charge in [0.1, 0.15) is 5.82 Å². The van der Waals surface area contributed by atoms with Crippen molar-refractivity contribution in [2.75, 3.05) is 18.4 Å². The third-order valence-electron chi connectivity index (χ3n) is 6.26. The second-order valence-corrected chi connectivity index (χ2v) is 8.69. The van der Waals surface area contributed by atoms with Crippen LogP contribution in [0.1, 0.15) is 55.7 Å². The molecule has 10 nitrogen and oxygen atoms in total. The van der Waals surface area contributed by atoms with E-state index < -0.39 is 17.4 Å². The van der Waals surface area contributed by atoms with E-state index in [1.807, 2.05) is 30.5 Å². The SMILES string of the molecule is CCCCn1c(=O)[nH]c(=O)c2c1nc(CNc1cccc(C(=O)N3CCC[C@@H](O)C3)c1)n2CC. The number of hydrogen-bond acceptors (Lipinski definition) is 6.